The summed E-state index contributed by atoms with van der Waals surface area (Å²) in [6.45, 7) is 1.87. The molecule has 2 bridgehead atoms. The number of oxime groups is 1. The number of aldehydes is 1. The number of likely N-dealkylation sites (tertiary alicyclic amines) is 1. The van der Waals surface area contributed by atoms with E-state index in [4.69, 9.17) is 14.7 Å². The minimum atomic E-state index is -0.482. The molecule has 1 saturated heterocycles. The minimum absolute atomic E-state index is 0.330. The molecule has 5 heteroatoms. The lowest BCUT2D eigenvalue weighted by Crippen LogP contribution is -2.43. The Morgan fingerprint density at radius 2 is 1.65 bits per heavy atom. The summed E-state index contributed by atoms with van der Waals surface area (Å²) in [6.07, 6.45) is 18.2. The van der Waals surface area contributed by atoms with Gasteiger partial charge >= 0.3 is 0 Å². The fraction of sp³-hybridized carbons (Fsp3) is 0.724. The van der Waals surface area contributed by atoms with Crippen LogP contribution in [-0.4, -0.2) is 42.3 Å². The second-order valence-corrected chi connectivity index (χ2v) is 11.1. The van der Waals surface area contributed by atoms with Crippen molar-refractivity contribution in [3.8, 4) is 5.75 Å². The highest BCUT2D eigenvalue weighted by molar-refractivity contribution is 5.88. The maximum atomic E-state index is 11.6. The molecule has 34 heavy (non-hydrogen) atoms. The lowest BCUT2D eigenvalue weighted by atomic mass is 9.69. The van der Waals surface area contributed by atoms with Gasteiger partial charge in [-0.15, -0.1) is 0 Å². The fourth-order valence-electron chi connectivity index (χ4n) is 6.66. The molecule has 0 amide bonds. The van der Waals surface area contributed by atoms with Crippen molar-refractivity contribution in [3.63, 3.8) is 0 Å². The zero-order chi connectivity index (χ0) is 23.2. The SMILES string of the molecule is O=CC(Oc1ccc(CC(=NOC2CC3CCC2CC3)C2CCCCC2)cc1)N1CCCCC1. The highest BCUT2D eigenvalue weighted by atomic mass is 16.6. The van der Waals surface area contributed by atoms with Crippen LogP contribution in [0, 0.1) is 17.8 Å². The van der Waals surface area contributed by atoms with Crippen LogP contribution in [0.5, 0.6) is 5.75 Å². The number of nitrogens with zero attached hydrogens (tertiary/aromatic N) is 2. The Morgan fingerprint density at radius 1 is 0.941 bits per heavy atom. The molecule has 1 aromatic rings. The molecule has 0 radical (unpaired) electrons. The third kappa shape index (κ3) is 6.02. The van der Waals surface area contributed by atoms with Gasteiger partial charge in [-0.2, -0.15) is 0 Å². The average Bonchev–Trinajstić information content (AvgIpc) is 2.92. The molecule has 4 aliphatic carbocycles. The van der Waals surface area contributed by atoms with E-state index in [1.54, 1.807) is 0 Å². The predicted octanol–water partition coefficient (Wildman–Crippen LogP) is 6.15. The molecule has 5 aliphatic rings. The molecule has 5 nitrogen and oxygen atoms in total. The quantitative estimate of drug-likeness (QED) is 0.249. The second-order valence-electron chi connectivity index (χ2n) is 11.1. The minimum Gasteiger partial charge on any atom is -0.468 e. The molecule has 4 saturated carbocycles. The number of benzene rings is 1. The topological polar surface area (TPSA) is 51.1 Å². The van der Waals surface area contributed by atoms with Crippen LogP contribution in [0.2, 0.25) is 0 Å². The van der Waals surface area contributed by atoms with Gasteiger partial charge in [-0.05, 0) is 87.3 Å². The van der Waals surface area contributed by atoms with Crippen molar-refractivity contribution in [2.24, 2.45) is 22.9 Å². The van der Waals surface area contributed by atoms with E-state index in [2.05, 4.69) is 17.0 Å². The van der Waals surface area contributed by atoms with Crippen molar-refractivity contribution in [3.05, 3.63) is 29.8 Å². The molecule has 0 N–H and O–H groups in total. The number of piperidine rings is 1. The van der Waals surface area contributed by atoms with Crippen LogP contribution in [0.25, 0.3) is 0 Å². The summed E-state index contributed by atoms with van der Waals surface area (Å²) in [5, 5.41) is 4.86. The number of fused-ring (bicyclic) bond motifs is 3. The number of carbonyl (C=O) groups is 1. The molecule has 6 rings (SSSR count). The van der Waals surface area contributed by atoms with E-state index in [0.29, 0.717) is 17.9 Å². The Balaban J connectivity index is 1.23. The molecular formula is C29H42N2O3. The van der Waals surface area contributed by atoms with Gasteiger partial charge in [0.25, 0.3) is 0 Å². The Kier molecular flexibility index (Phi) is 8.21. The van der Waals surface area contributed by atoms with Gasteiger partial charge in [-0.3, -0.25) is 9.69 Å². The maximum absolute atomic E-state index is 11.6. The van der Waals surface area contributed by atoms with Gasteiger partial charge in [0.1, 0.15) is 11.9 Å². The molecule has 0 spiro atoms. The van der Waals surface area contributed by atoms with E-state index in [1.807, 2.05) is 12.1 Å². The van der Waals surface area contributed by atoms with Crippen LogP contribution in [0.3, 0.4) is 0 Å². The molecule has 2 unspecified atom stereocenters. The molecule has 5 fully saturated rings. The van der Waals surface area contributed by atoms with Crippen molar-refractivity contribution in [1.29, 1.82) is 0 Å². The van der Waals surface area contributed by atoms with Gasteiger partial charge in [0.15, 0.2) is 6.29 Å². The first kappa shape index (κ1) is 23.8. The van der Waals surface area contributed by atoms with Crippen molar-refractivity contribution in [2.45, 2.75) is 102 Å². The van der Waals surface area contributed by atoms with Gasteiger partial charge in [-0.25, -0.2) is 0 Å². The summed E-state index contributed by atoms with van der Waals surface area (Å²) in [7, 11) is 0. The summed E-state index contributed by atoms with van der Waals surface area (Å²) in [4.78, 5) is 20.1. The summed E-state index contributed by atoms with van der Waals surface area (Å²) in [5.41, 5.74) is 2.47. The second kappa shape index (κ2) is 11.7. The monoisotopic (exact) mass is 466 g/mol. The Hall–Kier alpha value is -1.88. The zero-order valence-corrected chi connectivity index (χ0v) is 20.7. The Labute approximate surface area is 205 Å². The normalized spacial score (nSPS) is 29.5. The summed E-state index contributed by atoms with van der Waals surface area (Å²) in [6, 6.07) is 8.28. The number of hydrogen-bond acceptors (Lipinski definition) is 5. The lowest BCUT2D eigenvalue weighted by Gasteiger charge is -2.40. The van der Waals surface area contributed by atoms with Crippen LogP contribution in [-0.2, 0) is 16.1 Å². The highest BCUT2D eigenvalue weighted by Crippen LogP contribution is 2.42. The Morgan fingerprint density at radius 3 is 2.29 bits per heavy atom. The highest BCUT2D eigenvalue weighted by Gasteiger charge is 2.37. The van der Waals surface area contributed by atoms with Gasteiger partial charge in [0.05, 0.1) is 5.71 Å². The maximum Gasteiger partial charge on any atom is 0.209 e. The van der Waals surface area contributed by atoms with Gasteiger partial charge in [-0.1, -0.05) is 43.0 Å². The fourth-order valence-corrected chi connectivity index (χ4v) is 6.66. The molecular weight excluding hydrogens is 424 g/mol. The van der Waals surface area contributed by atoms with E-state index in [0.717, 1.165) is 50.3 Å². The van der Waals surface area contributed by atoms with E-state index in [-0.39, 0.29) is 0 Å². The molecule has 186 valence electrons. The lowest BCUT2D eigenvalue weighted by molar-refractivity contribution is -0.122. The van der Waals surface area contributed by atoms with Gasteiger partial charge in [0, 0.05) is 25.4 Å². The van der Waals surface area contributed by atoms with E-state index in [1.165, 1.54) is 81.9 Å². The van der Waals surface area contributed by atoms with Gasteiger partial charge < -0.3 is 9.57 Å². The summed E-state index contributed by atoms with van der Waals surface area (Å²) < 4.78 is 6.04. The zero-order valence-electron chi connectivity index (χ0n) is 20.7. The van der Waals surface area contributed by atoms with Crippen molar-refractivity contribution in [1.82, 2.24) is 4.90 Å². The number of ether oxygens (including phenoxy) is 1. The largest absolute Gasteiger partial charge is 0.468 e. The van der Waals surface area contributed by atoms with Crippen LogP contribution in [0.4, 0.5) is 0 Å². The average molecular weight is 467 g/mol. The van der Waals surface area contributed by atoms with Gasteiger partial charge in [0.2, 0.25) is 6.23 Å². The first-order valence-corrected chi connectivity index (χ1v) is 14.0. The van der Waals surface area contributed by atoms with E-state index < -0.39 is 6.23 Å². The first-order chi connectivity index (χ1) is 16.8. The molecule has 1 aromatic carbocycles. The molecule has 1 aliphatic heterocycles. The Bertz CT molecular complexity index is 803. The van der Waals surface area contributed by atoms with Crippen LogP contribution in [0.15, 0.2) is 29.4 Å². The van der Waals surface area contributed by atoms with Crippen molar-refractivity contribution >= 4 is 12.0 Å². The predicted molar refractivity (Wildman–Crippen MR) is 135 cm³/mol. The number of rotatable bonds is 9. The number of carbonyl (C=O) groups excluding carboxylic acids is 1. The van der Waals surface area contributed by atoms with Crippen molar-refractivity contribution < 1.29 is 14.4 Å². The standard InChI is InChI=1S/C29H42N2O3/c32-21-29(31-17-5-2-6-18-31)33-26-15-11-22(12-16-26)19-27(24-7-3-1-4-8-24)30-34-28-20-23-9-13-25(28)14-10-23/h11-12,15-16,21,23-25,28-29H,1-10,13-14,17-20H2. The number of hydrogen-bond donors (Lipinski definition) is 0. The molecule has 0 aromatic heterocycles. The van der Waals surface area contributed by atoms with Crippen LogP contribution < -0.4 is 4.74 Å². The third-order valence-electron chi connectivity index (χ3n) is 8.80. The third-order valence-corrected chi connectivity index (χ3v) is 8.80. The van der Waals surface area contributed by atoms with Crippen LogP contribution >= 0.6 is 0 Å². The summed E-state index contributed by atoms with van der Waals surface area (Å²) >= 11 is 0. The van der Waals surface area contributed by atoms with E-state index >= 15 is 0 Å². The first-order valence-electron chi connectivity index (χ1n) is 14.0. The van der Waals surface area contributed by atoms with E-state index in [9.17, 15) is 4.79 Å². The smallest absolute Gasteiger partial charge is 0.209 e. The molecule has 2 atom stereocenters. The summed E-state index contributed by atoms with van der Waals surface area (Å²) in [5.74, 6) is 2.88. The van der Waals surface area contributed by atoms with Crippen LogP contribution in [0.1, 0.15) is 89.0 Å². The molecule has 1 heterocycles. The van der Waals surface area contributed by atoms with Crippen molar-refractivity contribution in [2.75, 3.05) is 13.1 Å².